The molecule has 1 aliphatic carbocycles. The highest BCUT2D eigenvalue weighted by molar-refractivity contribution is 6.38. The maximum atomic E-state index is 15.0. The van der Waals surface area contributed by atoms with Crippen molar-refractivity contribution in [3.63, 3.8) is 0 Å². The number of alkyl carbamates (subject to hydrolysis) is 1. The molecule has 10 heteroatoms. The van der Waals surface area contributed by atoms with Crippen molar-refractivity contribution in [2.75, 3.05) is 6.54 Å². The molecular formula is C33H46F2N2O6. The number of ether oxygens (including phenoxy) is 1. The Balaban J connectivity index is 1.84. The molecular weight excluding hydrogens is 558 g/mol. The third-order valence-electron chi connectivity index (χ3n) is 8.55. The van der Waals surface area contributed by atoms with Crippen LogP contribution in [0.4, 0.5) is 13.6 Å². The van der Waals surface area contributed by atoms with Gasteiger partial charge in [-0.3, -0.25) is 19.2 Å². The van der Waals surface area contributed by atoms with E-state index in [4.69, 9.17) is 4.74 Å². The molecule has 1 N–H and O–H groups in total. The number of likely N-dealkylation sites (tertiary alicyclic amines) is 1. The van der Waals surface area contributed by atoms with E-state index in [0.29, 0.717) is 19.3 Å². The molecule has 5 atom stereocenters. The minimum atomic E-state index is -3.05. The normalized spacial score (nSPS) is 22.5. The zero-order valence-corrected chi connectivity index (χ0v) is 26.2. The highest BCUT2D eigenvalue weighted by atomic mass is 19.3. The molecule has 0 spiro atoms. The summed E-state index contributed by atoms with van der Waals surface area (Å²) in [6, 6.07) is 6.97. The molecule has 2 unspecified atom stereocenters. The molecule has 2 aliphatic rings. The molecule has 0 bridgehead atoms. The van der Waals surface area contributed by atoms with Crippen molar-refractivity contribution in [3.05, 3.63) is 35.9 Å². The summed E-state index contributed by atoms with van der Waals surface area (Å²) in [5.74, 6) is -8.28. The lowest BCUT2D eigenvalue weighted by Crippen LogP contribution is -2.57. The first kappa shape index (κ1) is 34.3. The molecule has 1 aliphatic heterocycles. The maximum Gasteiger partial charge on any atom is 0.408 e. The number of hydrogen-bond acceptors (Lipinski definition) is 6. The summed E-state index contributed by atoms with van der Waals surface area (Å²) in [5, 5.41) is 2.58. The molecule has 0 radical (unpaired) electrons. The Hall–Kier alpha value is -3.17. The largest absolute Gasteiger partial charge is 0.447 e. The Morgan fingerprint density at radius 2 is 1.74 bits per heavy atom. The van der Waals surface area contributed by atoms with Crippen molar-refractivity contribution >= 4 is 29.4 Å². The van der Waals surface area contributed by atoms with Crippen LogP contribution in [0.25, 0.3) is 0 Å². The highest BCUT2D eigenvalue weighted by Gasteiger charge is 2.61. The van der Waals surface area contributed by atoms with Gasteiger partial charge in [-0.1, -0.05) is 64.4 Å². The van der Waals surface area contributed by atoms with Gasteiger partial charge in [0, 0.05) is 37.6 Å². The van der Waals surface area contributed by atoms with E-state index in [0.717, 1.165) is 5.56 Å². The average molecular weight is 605 g/mol. The number of alkyl halides is 2. The summed E-state index contributed by atoms with van der Waals surface area (Å²) in [6.45, 7) is 10.0. The van der Waals surface area contributed by atoms with E-state index in [1.165, 1.54) is 4.90 Å². The Morgan fingerprint density at radius 3 is 2.33 bits per heavy atom. The smallest absolute Gasteiger partial charge is 0.408 e. The van der Waals surface area contributed by atoms with Crippen LogP contribution in [0, 0.1) is 23.2 Å². The van der Waals surface area contributed by atoms with Gasteiger partial charge in [-0.05, 0) is 50.0 Å². The number of benzene rings is 1. The molecule has 1 saturated heterocycles. The standard InChI is InChI=1S/C33H46F2N2O6/c1-7-11-22(28(40)25(38)15-14-21-12-9-8-10-13-21)18-26(39)27-23-16-17-33(34,35)24(23)19-37(27)30(41)29(32(4,5)6)36-31(42)43-20(2)3/h8-10,12-13,20,22-24,27,29H,7,11,14-19H2,1-6H3,(H,36,42)/t22?,23-,24-,27?,29+/m0/s1. The minimum Gasteiger partial charge on any atom is -0.447 e. The van der Waals surface area contributed by atoms with E-state index in [1.807, 2.05) is 37.3 Å². The van der Waals surface area contributed by atoms with E-state index >= 15 is 0 Å². The van der Waals surface area contributed by atoms with Gasteiger partial charge in [0.15, 0.2) is 11.6 Å². The second-order valence-corrected chi connectivity index (χ2v) is 13.3. The number of hydrogen-bond donors (Lipinski definition) is 1. The fraction of sp³-hybridized carbons (Fsp3) is 0.667. The number of aryl methyl sites for hydroxylation is 1. The van der Waals surface area contributed by atoms with Gasteiger partial charge in [0.05, 0.1) is 12.1 Å². The molecule has 1 aromatic carbocycles. The van der Waals surface area contributed by atoms with E-state index < -0.39 is 76.6 Å². The van der Waals surface area contributed by atoms with Gasteiger partial charge < -0.3 is 15.0 Å². The fourth-order valence-electron chi connectivity index (χ4n) is 6.37. The van der Waals surface area contributed by atoms with Crippen molar-refractivity contribution in [1.29, 1.82) is 0 Å². The van der Waals surface area contributed by atoms with Crippen molar-refractivity contribution < 1.29 is 37.5 Å². The third-order valence-corrected chi connectivity index (χ3v) is 8.55. The Morgan fingerprint density at radius 1 is 1.09 bits per heavy atom. The van der Waals surface area contributed by atoms with Crippen LogP contribution in [0.2, 0.25) is 0 Å². The molecule has 3 rings (SSSR count). The number of nitrogens with zero attached hydrogens (tertiary/aromatic N) is 1. The van der Waals surface area contributed by atoms with Crippen LogP contribution in [0.15, 0.2) is 30.3 Å². The second kappa shape index (κ2) is 14.1. The van der Waals surface area contributed by atoms with Gasteiger partial charge in [0.2, 0.25) is 11.7 Å². The summed E-state index contributed by atoms with van der Waals surface area (Å²) in [7, 11) is 0. The van der Waals surface area contributed by atoms with Gasteiger partial charge in [-0.25, -0.2) is 13.6 Å². The number of Topliss-reactive ketones (excluding diaryl/α,β-unsaturated/α-hetero) is 3. The summed E-state index contributed by atoms with van der Waals surface area (Å²) in [6.07, 6.45) is -0.668. The van der Waals surface area contributed by atoms with Gasteiger partial charge >= 0.3 is 6.09 Å². The number of nitrogens with one attached hydrogen (secondary N) is 1. The van der Waals surface area contributed by atoms with Gasteiger partial charge in [0.25, 0.3) is 5.92 Å². The molecule has 238 valence electrons. The first-order valence-corrected chi connectivity index (χ1v) is 15.4. The Labute approximate surface area is 253 Å². The number of ketones is 3. The monoisotopic (exact) mass is 604 g/mol. The van der Waals surface area contributed by atoms with Crippen molar-refractivity contribution in [1.82, 2.24) is 10.2 Å². The van der Waals surface area contributed by atoms with Crippen molar-refractivity contribution in [2.24, 2.45) is 23.2 Å². The number of carbonyl (C=O) groups excluding carboxylic acids is 5. The summed E-state index contributed by atoms with van der Waals surface area (Å²) >= 11 is 0. The molecule has 43 heavy (non-hydrogen) atoms. The summed E-state index contributed by atoms with van der Waals surface area (Å²) in [4.78, 5) is 67.7. The highest BCUT2D eigenvalue weighted by Crippen LogP contribution is 2.51. The van der Waals surface area contributed by atoms with Crippen LogP contribution < -0.4 is 5.32 Å². The SMILES string of the molecule is CCCC(CC(=O)C1[C@H]2CCC(F)(F)[C@H]2CN1C(=O)[C@@H](NC(=O)OC(C)C)C(C)(C)C)C(=O)C(=O)CCc1ccccc1. The molecule has 1 aromatic rings. The van der Waals surface area contributed by atoms with Crippen LogP contribution >= 0.6 is 0 Å². The third kappa shape index (κ3) is 8.48. The van der Waals surface area contributed by atoms with Crippen LogP contribution in [-0.4, -0.2) is 64.9 Å². The number of amides is 2. The van der Waals surface area contributed by atoms with Crippen LogP contribution in [0.3, 0.4) is 0 Å². The molecule has 2 fully saturated rings. The predicted octanol–water partition coefficient (Wildman–Crippen LogP) is 5.55. The van der Waals surface area contributed by atoms with Crippen LogP contribution in [-0.2, 0) is 30.3 Å². The minimum absolute atomic E-state index is 0.00756. The summed E-state index contributed by atoms with van der Waals surface area (Å²) < 4.78 is 35.1. The molecule has 1 saturated carbocycles. The lowest BCUT2D eigenvalue weighted by Gasteiger charge is -2.36. The maximum absolute atomic E-state index is 15.0. The average Bonchev–Trinajstić information content (AvgIpc) is 3.46. The van der Waals surface area contributed by atoms with Crippen molar-refractivity contribution in [2.45, 2.75) is 111 Å². The zero-order valence-electron chi connectivity index (χ0n) is 26.2. The van der Waals surface area contributed by atoms with Gasteiger partial charge in [0.1, 0.15) is 6.04 Å². The Bertz CT molecular complexity index is 1180. The van der Waals surface area contributed by atoms with Gasteiger partial charge in [-0.15, -0.1) is 0 Å². The van der Waals surface area contributed by atoms with E-state index in [2.05, 4.69) is 5.32 Å². The number of halogens is 2. The first-order chi connectivity index (χ1) is 20.1. The Kier molecular flexibility index (Phi) is 11.2. The molecule has 8 nitrogen and oxygen atoms in total. The zero-order chi connectivity index (χ0) is 32.1. The second-order valence-electron chi connectivity index (χ2n) is 13.3. The van der Waals surface area contributed by atoms with Crippen molar-refractivity contribution in [3.8, 4) is 0 Å². The lowest BCUT2D eigenvalue weighted by atomic mass is 9.83. The lowest BCUT2D eigenvalue weighted by molar-refractivity contribution is -0.144. The van der Waals surface area contributed by atoms with Crippen LogP contribution in [0.1, 0.15) is 85.6 Å². The fourth-order valence-corrected chi connectivity index (χ4v) is 6.37. The first-order valence-electron chi connectivity index (χ1n) is 15.4. The number of fused-ring (bicyclic) bond motifs is 1. The van der Waals surface area contributed by atoms with Gasteiger partial charge in [-0.2, -0.15) is 0 Å². The van der Waals surface area contributed by atoms with E-state index in [-0.39, 0.29) is 32.2 Å². The number of rotatable bonds is 13. The predicted molar refractivity (Wildman–Crippen MR) is 157 cm³/mol. The molecule has 0 aromatic heterocycles. The van der Waals surface area contributed by atoms with Crippen LogP contribution in [0.5, 0.6) is 0 Å². The van der Waals surface area contributed by atoms with E-state index in [9.17, 15) is 32.8 Å². The van der Waals surface area contributed by atoms with E-state index in [1.54, 1.807) is 34.6 Å². The number of carbonyl (C=O) groups is 5. The summed E-state index contributed by atoms with van der Waals surface area (Å²) in [5.41, 5.74) is 0.0895. The quantitative estimate of drug-likeness (QED) is 0.296. The topological polar surface area (TPSA) is 110 Å². The molecule has 2 amide bonds. The molecule has 1 heterocycles.